The Morgan fingerprint density at radius 1 is 1.13 bits per heavy atom. The number of benzene rings is 2. The lowest BCUT2D eigenvalue weighted by molar-refractivity contribution is -0.129. The number of hydrogen-bond acceptors (Lipinski definition) is 5. The van der Waals surface area contributed by atoms with Crippen LogP contribution in [0.1, 0.15) is 37.4 Å². The number of allylic oxidation sites excluding steroid dienone is 1. The maximum atomic E-state index is 13.0. The molecule has 31 heavy (non-hydrogen) atoms. The van der Waals surface area contributed by atoms with Gasteiger partial charge in [-0.2, -0.15) is 0 Å². The Bertz CT molecular complexity index is 994. The highest BCUT2D eigenvalue weighted by atomic mass is 16.5. The van der Waals surface area contributed by atoms with Crippen LogP contribution in [0.3, 0.4) is 0 Å². The van der Waals surface area contributed by atoms with E-state index in [1.807, 2.05) is 44.2 Å². The SMILES string of the molecule is CC(C)OCCCN1C(=O)C(O)=C(C(=O)/C=C/c2ccccc2)[C@@H]1c1cccc(O)c1. The van der Waals surface area contributed by atoms with Crippen LogP contribution in [0.5, 0.6) is 5.75 Å². The number of ether oxygens (including phenoxy) is 1. The molecule has 6 nitrogen and oxygen atoms in total. The molecular weight excluding hydrogens is 394 g/mol. The van der Waals surface area contributed by atoms with Gasteiger partial charge < -0.3 is 19.8 Å². The maximum absolute atomic E-state index is 13.0. The van der Waals surface area contributed by atoms with E-state index in [0.717, 1.165) is 5.56 Å². The number of aromatic hydroxyl groups is 1. The number of phenolic OH excluding ortho intramolecular Hbond substituents is 1. The highest BCUT2D eigenvalue weighted by Crippen LogP contribution is 2.39. The van der Waals surface area contributed by atoms with E-state index in [9.17, 15) is 19.8 Å². The van der Waals surface area contributed by atoms with Crippen molar-refractivity contribution in [2.24, 2.45) is 0 Å². The summed E-state index contributed by atoms with van der Waals surface area (Å²) in [5.74, 6) is -1.59. The van der Waals surface area contributed by atoms with E-state index >= 15 is 0 Å². The van der Waals surface area contributed by atoms with Crippen molar-refractivity contribution < 1.29 is 24.5 Å². The lowest BCUT2D eigenvalue weighted by Gasteiger charge is -2.26. The second-order valence-corrected chi connectivity index (χ2v) is 7.64. The average Bonchev–Trinajstić information content (AvgIpc) is 3.00. The molecular formula is C25H27NO5. The molecule has 0 unspecified atom stereocenters. The molecule has 0 bridgehead atoms. The van der Waals surface area contributed by atoms with Crippen LogP contribution in [0, 0.1) is 0 Å². The van der Waals surface area contributed by atoms with E-state index < -0.39 is 23.5 Å². The zero-order chi connectivity index (χ0) is 22.4. The first-order chi connectivity index (χ1) is 14.9. The summed E-state index contributed by atoms with van der Waals surface area (Å²) in [7, 11) is 0. The van der Waals surface area contributed by atoms with E-state index in [1.54, 1.807) is 18.2 Å². The first-order valence-electron chi connectivity index (χ1n) is 10.3. The number of rotatable bonds is 9. The lowest BCUT2D eigenvalue weighted by atomic mass is 9.95. The lowest BCUT2D eigenvalue weighted by Crippen LogP contribution is -2.32. The number of phenols is 1. The number of aliphatic hydroxyl groups is 1. The molecule has 0 aliphatic carbocycles. The summed E-state index contributed by atoms with van der Waals surface area (Å²) in [6, 6.07) is 14.9. The van der Waals surface area contributed by atoms with Crippen LogP contribution < -0.4 is 0 Å². The molecule has 0 saturated carbocycles. The van der Waals surface area contributed by atoms with Crippen LogP contribution in [0.2, 0.25) is 0 Å². The van der Waals surface area contributed by atoms with Crippen LogP contribution in [0.25, 0.3) is 6.08 Å². The number of aliphatic hydroxyl groups excluding tert-OH is 1. The van der Waals surface area contributed by atoms with Gasteiger partial charge in [0.1, 0.15) is 5.75 Å². The fourth-order valence-electron chi connectivity index (χ4n) is 3.56. The molecule has 1 aliphatic rings. The van der Waals surface area contributed by atoms with Crippen LogP contribution in [-0.4, -0.2) is 46.1 Å². The first-order valence-corrected chi connectivity index (χ1v) is 10.3. The molecule has 1 amide bonds. The molecule has 0 fully saturated rings. The second-order valence-electron chi connectivity index (χ2n) is 7.64. The van der Waals surface area contributed by atoms with Crippen molar-refractivity contribution in [1.82, 2.24) is 4.90 Å². The van der Waals surface area contributed by atoms with Crippen molar-refractivity contribution >= 4 is 17.8 Å². The molecule has 1 aliphatic heterocycles. The van der Waals surface area contributed by atoms with Gasteiger partial charge in [0.2, 0.25) is 0 Å². The fraction of sp³-hybridized carbons (Fsp3) is 0.280. The van der Waals surface area contributed by atoms with Gasteiger partial charge in [-0.1, -0.05) is 48.5 Å². The standard InChI is InChI=1S/C25H27NO5/c1-17(2)31-15-7-14-26-23(19-10-6-11-20(27)16-19)22(24(29)25(26)30)21(28)13-12-18-8-4-3-5-9-18/h3-6,8-13,16-17,23,27,29H,7,14-15H2,1-2H3/b13-12+/t23-/m0/s1. The molecule has 0 aromatic heterocycles. The fourth-order valence-corrected chi connectivity index (χ4v) is 3.56. The van der Waals surface area contributed by atoms with Gasteiger partial charge in [0, 0.05) is 13.2 Å². The minimum atomic E-state index is -0.786. The van der Waals surface area contributed by atoms with Gasteiger partial charge >= 0.3 is 0 Å². The molecule has 2 N–H and O–H groups in total. The molecule has 6 heteroatoms. The largest absolute Gasteiger partial charge is 0.508 e. The van der Waals surface area contributed by atoms with E-state index in [-0.39, 0.29) is 17.4 Å². The van der Waals surface area contributed by atoms with Gasteiger partial charge in [-0.05, 0) is 49.6 Å². The number of hydrogen-bond donors (Lipinski definition) is 2. The summed E-state index contributed by atoms with van der Waals surface area (Å²) in [6.45, 7) is 4.61. The molecule has 162 valence electrons. The maximum Gasteiger partial charge on any atom is 0.290 e. The average molecular weight is 421 g/mol. The first kappa shape index (κ1) is 22.3. The van der Waals surface area contributed by atoms with Gasteiger partial charge in [-0.25, -0.2) is 0 Å². The van der Waals surface area contributed by atoms with Crippen LogP contribution in [0.4, 0.5) is 0 Å². The Morgan fingerprint density at radius 3 is 2.55 bits per heavy atom. The third kappa shape index (κ3) is 5.41. The Morgan fingerprint density at radius 2 is 1.87 bits per heavy atom. The minimum Gasteiger partial charge on any atom is -0.508 e. The van der Waals surface area contributed by atoms with Gasteiger partial charge in [0.15, 0.2) is 11.5 Å². The zero-order valence-corrected chi connectivity index (χ0v) is 17.7. The molecule has 2 aromatic carbocycles. The Balaban J connectivity index is 1.90. The highest BCUT2D eigenvalue weighted by Gasteiger charge is 2.42. The summed E-state index contributed by atoms with van der Waals surface area (Å²) in [4.78, 5) is 27.3. The minimum absolute atomic E-state index is 0.00700. The van der Waals surface area contributed by atoms with E-state index in [2.05, 4.69) is 0 Å². The van der Waals surface area contributed by atoms with E-state index in [1.165, 1.54) is 23.1 Å². The second kappa shape index (κ2) is 10.1. The van der Waals surface area contributed by atoms with E-state index in [0.29, 0.717) is 25.1 Å². The molecule has 1 heterocycles. The van der Waals surface area contributed by atoms with Crippen molar-refractivity contribution in [3.63, 3.8) is 0 Å². The predicted octanol–water partition coefficient (Wildman–Crippen LogP) is 4.19. The Kier molecular flexibility index (Phi) is 7.26. The quantitative estimate of drug-likeness (QED) is 0.468. The molecule has 0 spiro atoms. The summed E-state index contributed by atoms with van der Waals surface area (Å²) in [6.07, 6.45) is 3.62. The summed E-state index contributed by atoms with van der Waals surface area (Å²) in [5.41, 5.74) is 1.39. The van der Waals surface area contributed by atoms with Crippen LogP contribution >= 0.6 is 0 Å². The third-order valence-electron chi connectivity index (χ3n) is 4.98. The number of carbonyl (C=O) groups is 2. The monoisotopic (exact) mass is 421 g/mol. The van der Waals surface area contributed by atoms with Crippen molar-refractivity contribution in [3.8, 4) is 5.75 Å². The van der Waals surface area contributed by atoms with Gasteiger partial charge in [-0.3, -0.25) is 9.59 Å². The summed E-state index contributed by atoms with van der Waals surface area (Å²) in [5, 5.41) is 20.5. The Hall–Kier alpha value is -3.38. The van der Waals surface area contributed by atoms with Crippen molar-refractivity contribution in [2.45, 2.75) is 32.4 Å². The predicted molar refractivity (Wildman–Crippen MR) is 118 cm³/mol. The van der Waals surface area contributed by atoms with E-state index in [4.69, 9.17) is 4.74 Å². The zero-order valence-electron chi connectivity index (χ0n) is 17.7. The summed E-state index contributed by atoms with van der Waals surface area (Å²) < 4.78 is 5.55. The van der Waals surface area contributed by atoms with Crippen LogP contribution in [-0.2, 0) is 14.3 Å². The number of ketones is 1. The van der Waals surface area contributed by atoms with Crippen molar-refractivity contribution in [1.29, 1.82) is 0 Å². The molecule has 0 radical (unpaired) electrons. The molecule has 2 aromatic rings. The smallest absolute Gasteiger partial charge is 0.290 e. The van der Waals surface area contributed by atoms with Gasteiger partial charge in [-0.15, -0.1) is 0 Å². The molecule has 3 rings (SSSR count). The Labute approximate surface area is 182 Å². The van der Waals surface area contributed by atoms with Crippen molar-refractivity contribution in [2.75, 3.05) is 13.2 Å². The molecule has 0 saturated heterocycles. The van der Waals surface area contributed by atoms with Crippen LogP contribution in [0.15, 0.2) is 72.0 Å². The number of carbonyl (C=O) groups excluding carboxylic acids is 2. The molecule has 1 atom stereocenters. The van der Waals surface area contributed by atoms with Gasteiger partial charge in [0.05, 0.1) is 17.7 Å². The number of amides is 1. The topological polar surface area (TPSA) is 87.1 Å². The van der Waals surface area contributed by atoms with Crippen molar-refractivity contribution in [3.05, 3.63) is 83.1 Å². The highest BCUT2D eigenvalue weighted by molar-refractivity contribution is 6.14. The number of nitrogens with zero attached hydrogens (tertiary/aromatic N) is 1. The van der Waals surface area contributed by atoms with Gasteiger partial charge in [0.25, 0.3) is 5.91 Å². The normalized spacial score (nSPS) is 16.7. The third-order valence-corrected chi connectivity index (χ3v) is 4.98. The summed E-state index contributed by atoms with van der Waals surface area (Å²) >= 11 is 0.